The van der Waals surface area contributed by atoms with E-state index >= 15 is 0 Å². The lowest BCUT2D eigenvalue weighted by atomic mass is 9.97. The monoisotopic (exact) mass is 469 g/mol. The number of rotatable bonds is 5. The second-order valence-corrected chi connectivity index (χ2v) is 9.53. The molecular weight excluding hydrogens is 442 g/mol. The molecule has 0 saturated carbocycles. The van der Waals surface area contributed by atoms with Crippen molar-refractivity contribution < 1.29 is 29.0 Å². The zero-order valence-electron chi connectivity index (χ0n) is 18.5. The number of esters is 2. The number of fused-ring (bicyclic) bond motifs is 2. The Labute approximate surface area is 197 Å². The first-order chi connectivity index (χ1) is 15.9. The quantitative estimate of drug-likeness (QED) is 0.403. The topological polar surface area (TPSA) is 93.1 Å². The highest BCUT2D eigenvalue weighted by molar-refractivity contribution is 7.99. The van der Waals surface area contributed by atoms with E-state index in [1.165, 1.54) is 26.5 Å². The largest absolute Gasteiger partial charge is 0.473 e. The lowest BCUT2D eigenvalue weighted by Crippen LogP contribution is -2.39. The van der Waals surface area contributed by atoms with Gasteiger partial charge in [-0.2, -0.15) is 0 Å². The van der Waals surface area contributed by atoms with Crippen molar-refractivity contribution >= 4 is 29.7 Å². The molecule has 2 aliphatic heterocycles. The average Bonchev–Trinajstić information content (AvgIpc) is 2.95. The molecule has 0 aromatic heterocycles. The van der Waals surface area contributed by atoms with Crippen LogP contribution in [0.4, 0.5) is 0 Å². The predicted molar refractivity (Wildman–Crippen MR) is 122 cm³/mol. The van der Waals surface area contributed by atoms with Gasteiger partial charge in [0.1, 0.15) is 0 Å². The smallest absolute Gasteiger partial charge is 0.424 e. The normalized spacial score (nSPS) is 18.6. The van der Waals surface area contributed by atoms with Gasteiger partial charge >= 0.3 is 17.9 Å². The number of carbonyl (C=O) groups is 3. The molecule has 0 radical (unpaired) electrons. The summed E-state index contributed by atoms with van der Waals surface area (Å²) in [6.07, 6.45) is 1.86. The second kappa shape index (κ2) is 10.5. The number of hydrogen-bond acceptors (Lipinski definition) is 7. The van der Waals surface area contributed by atoms with Crippen LogP contribution in [0, 0.1) is 12.8 Å². The Bertz CT molecular complexity index is 1050. The van der Waals surface area contributed by atoms with Gasteiger partial charge in [0.15, 0.2) is 0 Å². The van der Waals surface area contributed by atoms with Crippen LogP contribution in [0.1, 0.15) is 35.6 Å². The molecule has 4 rings (SSSR count). The van der Waals surface area contributed by atoms with Crippen molar-refractivity contribution in [2.24, 2.45) is 5.92 Å². The van der Waals surface area contributed by atoms with Gasteiger partial charge in [-0.1, -0.05) is 47.7 Å². The molecule has 33 heavy (non-hydrogen) atoms. The van der Waals surface area contributed by atoms with E-state index in [1.54, 1.807) is 11.8 Å². The number of ether oxygens (including phenoxy) is 2. The molecule has 2 aromatic rings. The molecule has 1 fully saturated rings. The number of carboxylic acids is 1. The van der Waals surface area contributed by atoms with E-state index in [0.29, 0.717) is 32.5 Å². The second-order valence-electron chi connectivity index (χ2n) is 8.44. The minimum absolute atomic E-state index is 0.0219. The van der Waals surface area contributed by atoms with E-state index in [4.69, 9.17) is 9.84 Å². The van der Waals surface area contributed by atoms with Gasteiger partial charge in [0.25, 0.3) is 0 Å². The average molecular weight is 470 g/mol. The molecule has 0 spiro atoms. The summed E-state index contributed by atoms with van der Waals surface area (Å²) in [4.78, 5) is 38.3. The zero-order valence-corrected chi connectivity index (χ0v) is 19.3. The summed E-state index contributed by atoms with van der Waals surface area (Å²) >= 11 is 1.79. The van der Waals surface area contributed by atoms with Crippen molar-refractivity contribution in [1.82, 2.24) is 4.90 Å². The fraction of sp³-hybridized carbons (Fsp3) is 0.400. The lowest BCUT2D eigenvalue weighted by molar-refractivity contribution is -0.173. The first-order valence-corrected chi connectivity index (χ1v) is 11.9. The Morgan fingerprint density at radius 1 is 1.09 bits per heavy atom. The first kappa shape index (κ1) is 23.5. The lowest BCUT2D eigenvalue weighted by Gasteiger charge is -2.31. The van der Waals surface area contributed by atoms with Crippen LogP contribution in [0.25, 0.3) is 0 Å². The van der Waals surface area contributed by atoms with Gasteiger partial charge in [-0.3, -0.25) is 4.79 Å². The number of piperidine rings is 1. The van der Waals surface area contributed by atoms with Crippen LogP contribution in [-0.2, 0) is 30.3 Å². The third-order valence-corrected chi connectivity index (χ3v) is 7.33. The highest BCUT2D eigenvalue weighted by atomic mass is 32.2. The highest BCUT2D eigenvalue weighted by Gasteiger charge is 2.30. The number of hydrogen-bond donors (Lipinski definition) is 1. The van der Waals surface area contributed by atoms with E-state index in [2.05, 4.69) is 59.0 Å². The Morgan fingerprint density at radius 2 is 1.85 bits per heavy atom. The molecule has 8 heteroatoms. The van der Waals surface area contributed by atoms with Crippen molar-refractivity contribution in [3.8, 4) is 0 Å². The van der Waals surface area contributed by atoms with Crippen molar-refractivity contribution in [2.45, 2.75) is 42.1 Å². The highest BCUT2D eigenvalue weighted by Crippen LogP contribution is 2.42. The van der Waals surface area contributed by atoms with E-state index in [0.717, 1.165) is 13.0 Å². The Morgan fingerprint density at radius 3 is 2.61 bits per heavy atom. The Balaban J connectivity index is 1.31. The number of carboxylic acid groups (broad SMARTS) is 1. The summed E-state index contributed by atoms with van der Waals surface area (Å²) in [5.74, 6) is -4.47. The molecule has 1 atom stereocenters. The van der Waals surface area contributed by atoms with Crippen LogP contribution in [0.5, 0.6) is 0 Å². The zero-order chi connectivity index (χ0) is 23.4. The molecule has 2 aliphatic rings. The number of benzene rings is 2. The summed E-state index contributed by atoms with van der Waals surface area (Å²) in [5, 5.41) is 8.57. The minimum atomic E-state index is -1.76. The van der Waals surface area contributed by atoms with E-state index in [-0.39, 0.29) is 6.10 Å². The van der Waals surface area contributed by atoms with Crippen LogP contribution in [0.15, 0.2) is 52.3 Å². The molecule has 1 saturated heterocycles. The minimum Gasteiger partial charge on any atom is -0.473 e. The van der Waals surface area contributed by atoms with Crippen molar-refractivity contribution in [3.05, 3.63) is 59.2 Å². The third-order valence-electron chi connectivity index (χ3n) is 6.12. The number of likely N-dealkylation sites (tertiary alicyclic amines) is 1. The van der Waals surface area contributed by atoms with Crippen molar-refractivity contribution in [1.29, 1.82) is 0 Å². The van der Waals surface area contributed by atoms with Gasteiger partial charge < -0.3 is 19.5 Å². The summed E-state index contributed by atoms with van der Waals surface area (Å²) in [7, 11) is 0. The summed E-state index contributed by atoms with van der Waals surface area (Å²) in [5.41, 5.74) is 3.75. The molecule has 1 unspecified atom stereocenters. The van der Waals surface area contributed by atoms with Gasteiger partial charge in [-0.25, -0.2) is 9.59 Å². The molecule has 2 aromatic carbocycles. The molecule has 2 heterocycles. The van der Waals surface area contributed by atoms with E-state index in [1.807, 2.05) is 0 Å². The Kier molecular flexibility index (Phi) is 7.47. The molecule has 0 amide bonds. The fourth-order valence-corrected chi connectivity index (χ4v) is 5.43. The Hall–Kier alpha value is -2.68. The fourth-order valence-electron chi connectivity index (χ4n) is 4.32. The van der Waals surface area contributed by atoms with Crippen LogP contribution in [0.2, 0.25) is 0 Å². The molecule has 1 N–H and O–H groups in total. The molecular formula is C25H27NO6S. The van der Waals surface area contributed by atoms with Crippen LogP contribution >= 0.6 is 11.8 Å². The van der Waals surface area contributed by atoms with Crippen LogP contribution in [0.3, 0.4) is 0 Å². The van der Waals surface area contributed by atoms with E-state index in [9.17, 15) is 14.4 Å². The number of aryl methyl sites for hydroxylation is 1. The van der Waals surface area contributed by atoms with Crippen LogP contribution in [-0.4, -0.2) is 54.2 Å². The van der Waals surface area contributed by atoms with Crippen molar-refractivity contribution in [2.75, 3.05) is 26.2 Å². The summed E-state index contributed by atoms with van der Waals surface area (Å²) in [6, 6.07) is 15.0. The van der Waals surface area contributed by atoms with Gasteiger partial charge in [-0.05, 0) is 56.1 Å². The van der Waals surface area contributed by atoms with Crippen LogP contribution < -0.4 is 0 Å². The SMILES string of the molecule is Cc1ccc2c(c1)CC(OCCN1CCC(C(=O)OC(=O)C(=O)O)CC1)c1ccccc1S2. The van der Waals surface area contributed by atoms with Gasteiger partial charge in [-0.15, -0.1) is 0 Å². The third kappa shape index (κ3) is 5.82. The van der Waals surface area contributed by atoms with Gasteiger partial charge in [0.2, 0.25) is 0 Å². The maximum atomic E-state index is 12.0. The summed E-state index contributed by atoms with van der Waals surface area (Å²) in [6.45, 7) is 4.75. The predicted octanol–water partition coefficient (Wildman–Crippen LogP) is 3.63. The first-order valence-electron chi connectivity index (χ1n) is 11.1. The number of carbonyl (C=O) groups excluding carboxylic acids is 2. The maximum absolute atomic E-state index is 12.0. The summed E-state index contributed by atoms with van der Waals surface area (Å²) < 4.78 is 10.8. The van der Waals surface area contributed by atoms with Crippen molar-refractivity contribution in [3.63, 3.8) is 0 Å². The number of aliphatic carboxylic acids is 1. The molecule has 174 valence electrons. The van der Waals surface area contributed by atoms with Gasteiger partial charge in [0.05, 0.1) is 18.6 Å². The standard InChI is InChI=1S/C25H27NO6S/c1-16-6-7-21-18(14-16)15-20(19-4-2-3-5-22(19)33-21)31-13-12-26-10-8-17(9-11-26)24(29)32-25(30)23(27)28/h2-7,14,17,20H,8-13,15H2,1H3,(H,27,28). The molecule has 0 bridgehead atoms. The van der Waals surface area contributed by atoms with Gasteiger partial charge in [0, 0.05) is 22.8 Å². The maximum Gasteiger partial charge on any atom is 0.424 e. The molecule has 7 nitrogen and oxygen atoms in total. The van der Waals surface area contributed by atoms with E-state index < -0.39 is 23.8 Å². The number of nitrogens with zero attached hydrogens (tertiary/aromatic N) is 1. The molecule has 0 aliphatic carbocycles.